The zero-order valence-electron chi connectivity index (χ0n) is 14.9. The minimum Gasteiger partial charge on any atom is -0.337 e. The van der Waals surface area contributed by atoms with Gasteiger partial charge in [-0.15, -0.1) is 11.3 Å². The lowest BCUT2D eigenvalue weighted by atomic mass is 10.1. The fraction of sp³-hybridized carbons (Fsp3) is 0.250. The molecular formula is C20H19FN4OS. The maximum absolute atomic E-state index is 13.2. The topological polar surface area (TPSA) is 49.3 Å². The number of aromatic nitrogens is 2. The number of carbonyl (C=O) groups is 1. The van der Waals surface area contributed by atoms with Gasteiger partial charge in [0.05, 0.1) is 4.88 Å². The van der Waals surface area contributed by atoms with Crippen molar-refractivity contribution >= 4 is 23.2 Å². The minimum atomic E-state index is -0.260. The molecule has 1 saturated heterocycles. The number of benzene rings is 1. The molecule has 3 heterocycles. The van der Waals surface area contributed by atoms with Gasteiger partial charge in [-0.25, -0.2) is 14.4 Å². The van der Waals surface area contributed by atoms with Gasteiger partial charge in [0.2, 0.25) is 5.95 Å². The largest absolute Gasteiger partial charge is 0.337 e. The van der Waals surface area contributed by atoms with Crippen LogP contribution in [0.2, 0.25) is 0 Å². The summed E-state index contributed by atoms with van der Waals surface area (Å²) in [6.45, 7) is 4.69. The van der Waals surface area contributed by atoms with Crippen molar-refractivity contribution in [2.45, 2.75) is 6.92 Å². The van der Waals surface area contributed by atoms with Gasteiger partial charge in [0.1, 0.15) is 5.82 Å². The Balaban J connectivity index is 1.46. The molecule has 0 bridgehead atoms. The highest BCUT2D eigenvalue weighted by Crippen LogP contribution is 2.33. The number of carbonyl (C=O) groups excluding carboxylic acids is 1. The lowest BCUT2D eigenvalue weighted by molar-refractivity contribution is 0.0751. The first-order valence-corrected chi connectivity index (χ1v) is 9.61. The second kappa shape index (κ2) is 7.44. The number of hydrogen-bond donors (Lipinski definition) is 0. The Morgan fingerprint density at radius 3 is 2.41 bits per heavy atom. The van der Waals surface area contributed by atoms with Crippen LogP contribution in [0.15, 0.2) is 48.8 Å². The van der Waals surface area contributed by atoms with Crippen LogP contribution in [0.25, 0.3) is 10.4 Å². The fourth-order valence-corrected chi connectivity index (χ4v) is 4.34. The van der Waals surface area contributed by atoms with E-state index in [-0.39, 0.29) is 11.7 Å². The van der Waals surface area contributed by atoms with Crippen molar-refractivity contribution in [1.82, 2.24) is 14.9 Å². The summed E-state index contributed by atoms with van der Waals surface area (Å²) in [7, 11) is 0. The van der Waals surface area contributed by atoms with Gasteiger partial charge in [-0.05, 0) is 42.3 Å². The average Bonchev–Trinajstić information content (AvgIpc) is 3.10. The molecule has 5 nitrogen and oxygen atoms in total. The summed E-state index contributed by atoms with van der Waals surface area (Å²) in [5.74, 6) is 0.491. The van der Waals surface area contributed by atoms with E-state index in [2.05, 4.69) is 14.9 Å². The van der Waals surface area contributed by atoms with E-state index < -0.39 is 0 Å². The van der Waals surface area contributed by atoms with Crippen molar-refractivity contribution in [2.24, 2.45) is 0 Å². The summed E-state index contributed by atoms with van der Waals surface area (Å²) >= 11 is 1.47. The van der Waals surface area contributed by atoms with Gasteiger partial charge in [-0.1, -0.05) is 12.1 Å². The van der Waals surface area contributed by atoms with Crippen molar-refractivity contribution in [3.8, 4) is 10.4 Å². The van der Waals surface area contributed by atoms with Crippen LogP contribution in [0.1, 0.15) is 15.2 Å². The van der Waals surface area contributed by atoms with Gasteiger partial charge in [-0.2, -0.15) is 0 Å². The van der Waals surface area contributed by atoms with E-state index in [1.807, 2.05) is 17.9 Å². The molecule has 0 aliphatic carbocycles. The standard InChI is InChI=1S/C20H19FN4OS/c1-14-13-17(27-18(14)15-3-5-16(21)6-4-15)19(26)24-9-11-25(12-10-24)20-22-7-2-8-23-20/h2-8,13H,9-12H2,1H3. The smallest absolute Gasteiger partial charge is 0.264 e. The summed E-state index contributed by atoms with van der Waals surface area (Å²) in [6, 6.07) is 10.1. The highest BCUT2D eigenvalue weighted by atomic mass is 32.1. The predicted octanol–water partition coefficient (Wildman–Crippen LogP) is 3.62. The van der Waals surface area contributed by atoms with E-state index >= 15 is 0 Å². The molecule has 0 saturated carbocycles. The second-order valence-corrected chi connectivity index (χ2v) is 7.51. The summed E-state index contributed by atoms with van der Waals surface area (Å²) in [6.07, 6.45) is 3.45. The first kappa shape index (κ1) is 17.6. The summed E-state index contributed by atoms with van der Waals surface area (Å²) in [4.78, 5) is 27.2. The van der Waals surface area contributed by atoms with E-state index in [0.717, 1.165) is 20.9 Å². The van der Waals surface area contributed by atoms with Gasteiger partial charge in [0.25, 0.3) is 5.91 Å². The third kappa shape index (κ3) is 3.68. The van der Waals surface area contributed by atoms with Crippen LogP contribution in [-0.2, 0) is 0 Å². The van der Waals surface area contributed by atoms with Crippen LogP contribution in [-0.4, -0.2) is 47.0 Å². The van der Waals surface area contributed by atoms with E-state index in [0.29, 0.717) is 32.1 Å². The number of piperazine rings is 1. The number of thiophene rings is 1. The number of halogens is 1. The molecule has 1 aliphatic rings. The van der Waals surface area contributed by atoms with Crippen molar-refractivity contribution in [1.29, 1.82) is 0 Å². The Hall–Kier alpha value is -2.80. The van der Waals surface area contributed by atoms with E-state index in [1.54, 1.807) is 30.6 Å². The van der Waals surface area contributed by atoms with Gasteiger partial charge in [0.15, 0.2) is 0 Å². The molecule has 0 spiro atoms. The molecular weight excluding hydrogens is 363 g/mol. The molecule has 1 aliphatic heterocycles. The molecule has 4 rings (SSSR count). The van der Waals surface area contributed by atoms with Crippen molar-refractivity contribution in [2.75, 3.05) is 31.1 Å². The lowest BCUT2D eigenvalue weighted by Gasteiger charge is -2.34. The molecule has 0 radical (unpaired) electrons. The minimum absolute atomic E-state index is 0.0464. The third-order valence-electron chi connectivity index (χ3n) is 4.64. The second-order valence-electron chi connectivity index (χ2n) is 6.46. The van der Waals surface area contributed by atoms with Gasteiger partial charge >= 0.3 is 0 Å². The molecule has 27 heavy (non-hydrogen) atoms. The van der Waals surface area contributed by atoms with Crippen LogP contribution in [0.3, 0.4) is 0 Å². The number of hydrogen-bond acceptors (Lipinski definition) is 5. The molecule has 7 heteroatoms. The summed E-state index contributed by atoms with van der Waals surface area (Å²) in [5, 5.41) is 0. The first-order chi connectivity index (χ1) is 13.1. The van der Waals surface area contributed by atoms with Gasteiger partial charge < -0.3 is 9.80 Å². The molecule has 0 unspecified atom stereocenters. The number of rotatable bonds is 3. The Morgan fingerprint density at radius 1 is 1.07 bits per heavy atom. The Morgan fingerprint density at radius 2 is 1.74 bits per heavy atom. The molecule has 2 aromatic heterocycles. The van der Waals surface area contributed by atoms with Gasteiger partial charge in [-0.3, -0.25) is 4.79 Å². The average molecular weight is 382 g/mol. The lowest BCUT2D eigenvalue weighted by Crippen LogP contribution is -2.49. The molecule has 1 aromatic carbocycles. The van der Waals surface area contributed by atoms with Crippen molar-refractivity contribution in [3.05, 3.63) is 65.0 Å². The monoisotopic (exact) mass is 382 g/mol. The van der Waals surface area contributed by atoms with Crippen LogP contribution in [0, 0.1) is 12.7 Å². The van der Waals surface area contributed by atoms with Crippen LogP contribution < -0.4 is 4.90 Å². The zero-order valence-corrected chi connectivity index (χ0v) is 15.7. The summed E-state index contributed by atoms with van der Waals surface area (Å²) < 4.78 is 13.2. The number of aryl methyl sites for hydroxylation is 1. The van der Waals surface area contributed by atoms with E-state index in [9.17, 15) is 9.18 Å². The normalized spacial score (nSPS) is 14.4. The maximum atomic E-state index is 13.2. The molecule has 3 aromatic rings. The molecule has 1 amide bonds. The highest BCUT2D eigenvalue weighted by Gasteiger charge is 2.25. The molecule has 138 valence electrons. The Kier molecular flexibility index (Phi) is 4.85. The molecule has 0 N–H and O–H groups in total. The van der Waals surface area contributed by atoms with E-state index in [4.69, 9.17) is 0 Å². The van der Waals surface area contributed by atoms with E-state index in [1.165, 1.54) is 23.5 Å². The summed E-state index contributed by atoms with van der Waals surface area (Å²) in [5.41, 5.74) is 1.97. The molecule has 0 atom stereocenters. The predicted molar refractivity (Wildman–Crippen MR) is 105 cm³/mol. The SMILES string of the molecule is Cc1cc(C(=O)N2CCN(c3ncccn3)CC2)sc1-c1ccc(F)cc1. The van der Waals surface area contributed by atoms with Crippen LogP contribution in [0.4, 0.5) is 10.3 Å². The maximum Gasteiger partial charge on any atom is 0.264 e. The number of anilines is 1. The van der Waals surface area contributed by atoms with Crippen molar-refractivity contribution < 1.29 is 9.18 Å². The highest BCUT2D eigenvalue weighted by molar-refractivity contribution is 7.17. The molecule has 1 fully saturated rings. The quantitative estimate of drug-likeness (QED) is 0.694. The Labute approximate surface area is 161 Å². The number of nitrogens with zero attached hydrogens (tertiary/aromatic N) is 4. The first-order valence-electron chi connectivity index (χ1n) is 8.79. The van der Waals surface area contributed by atoms with Crippen molar-refractivity contribution in [3.63, 3.8) is 0 Å². The van der Waals surface area contributed by atoms with Crippen LogP contribution >= 0.6 is 11.3 Å². The van der Waals surface area contributed by atoms with Crippen LogP contribution in [0.5, 0.6) is 0 Å². The zero-order chi connectivity index (χ0) is 18.8. The Bertz CT molecular complexity index is 934. The third-order valence-corrected chi connectivity index (χ3v) is 5.91. The number of amides is 1. The van der Waals surface area contributed by atoms with Gasteiger partial charge in [0, 0.05) is 43.4 Å². The fourth-order valence-electron chi connectivity index (χ4n) is 3.20.